The molecule has 0 unspecified atom stereocenters. The molecule has 0 saturated heterocycles. The number of nitrogens with two attached hydrogens (primary N) is 1. The lowest BCUT2D eigenvalue weighted by Gasteiger charge is -1.88. The fraction of sp³-hybridized carbons (Fsp3) is 0.286. The Hall–Kier alpha value is -1.33. The van der Waals surface area contributed by atoms with Crippen LogP contribution in [0.25, 0.3) is 0 Å². The minimum absolute atomic E-state index is 0.0972. The molecule has 1 rings (SSSR count). The molecule has 0 fully saturated rings. The molecule has 0 atom stereocenters. The molecule has 0 bridgehead atoms. The third-order valence-electron chi connectivity index (χ3n) is 0.932. The van der Waals surface area contributed by atoms with Crippen molar-refractivity contribution in [2.24, 2.45) is 5.73 Å². The van der Waals surface area contributed by atoms with Crippen LogP contribution in [-0.2, 0) is 0 Å². The van der Waals surface area contributed by atoms with Gasteiger partial charge in [0, 0.05) is 18.8 Å². The first-order chi connectivity index (χ1) is 5.72. The topological polar surface area (TPSA) is 88.5 Å². The van der Waals surface area contributed by atoms with Gasteiger partial charge in [-0.05, 0) is 6.07 Å². The third kappa shape index (κ3) is 4.48. The van der Waals surface area contributed by atoms with E-state index < -0.39 is 5.56 Å². The highest BCUT2D eigenvalue weighted by Gasteiger charge is 1.82. The number of rotatable bonds is 1. The van der Waals surface area contributed by atoms with E-state index in [9.17, 15) is 4.79 Å². The lowest BCUT2D eigenvalue weighted by molar-refractivity contribution is 0.175. The molecule has 5 nitrogen and oxygen atoms in total. The van der Waals surface area contributed by atoms with Gasteiger partial charge in [0.1, 0.15) is 0 Å². The molecule has 68 valence electrons. The van der Waals surface area contributed by atoms with Crippen molar-refractivity contribution in [2.75, 3.05) is 13.2 Å². The van der Waals surface area contributed by atoms with E-state index in [0.29, 0.717) is 11.3 Å². The van der Waals surface area contributed by atoms with Gasteiger partial charge < -0.3 is 16.0 Å². The van der Waals surface area contributed by atoms with E-state index in [2.05, 4.69) is 0 Å². The largest absolute Gasteiger partial charge is 0.425 e. The van der Waals surface area contributed by atoms with Crippen LogP contribution in [0.2, 0.25) is 0 Å². The van der Waals surface area contributed by atoms with Crippen molar-refractivity contribution in [3.05, 3.63) is 34.7 Å². The Morgan fingerprint density at radius 1 is 1.50 bits per heavy atom. The van der Waals surface area contributed by atoms with Crippen molar-refractivity contribution in [3.63, 3.8) is 0 Å². The maximum Gasteiger partial charge on any atom is 0.282 e. The molecule has 0 spiro atoms. The second kappa shape index (κ2) is 6.38. The van der Waals surface area contributed by atoms with Crippen LogP contribution in [0.15, 0.2) is 29.2 Å². The summed E-state index contributed by atoms with van der Waals surface area (Å²) in [7, 11) is 0. The first-order valence-electron chi connectivity index (χ1n) is 3.40. The van der Waals surface area contributed by atoms with Gasteiger partial charge in [-0.3, -0.25) is 4.79 Å². The fourth-order valence-corrected chi connectivity index (χ4v) is 0.419. The highest BCUT2D eigenvalue weighted by molar-refractivity contribution is 4.90. The van der Waals surface area contributed by atoms with Crippen molar-refractivity contribution in [3.8, 4) is 0 Å². The second-order valence-corrected chi connectivity index (χ2v) is 1.90. The molecule has 1 heterocycles. The highest BCUT2D eigenvalue weighted by Crippen LogP contribution is 1.72. The van der Waals surface area contributed by atoms with E-state index in [-0.39, 0.29) is 6.61 Å². The zero-order valence-electron chi connectivity index (χ0n) is 6.55. The maximum atomic E-state index is 10.3. The fourth-order valence-electron chi connectivity index (χ4n) is 0.419. The number of pyridine rings is 1. The summed E-state index contributed by atoms with van der Waals surface area (Å²) in [4.78, 5) is 10.3. The van der Waals surface area contributed by atoms with Crippen LogP contribution in [0.3, 0.4) is 0 Å². The lowest BCUT2D eigenvalue weighted by Crippen LogP contribution is -2.13. The normalized spacial score (nSPS) is 8.50. The minimum Gasteiger partial charge on any atom is -0.425 e. The quantitative estimate of drug-likeness (QED) is 0.475. The summed E-state index contributed by atoms with van der Waals surface area (Å²) in [6.45, 7) is 0.472. The van der Waals surface area contributed by atoms with Crippen molar-refractivity contribution < 1.29 is 10.3 Å². The molecule has 0 aliphatic rings. The van der Waals surface area contributed by atoms with Crippen LogP contribution in [-0.4, -0.2) is 28.2 Å². The SMILES string of the molecule is NCCO.O=c1ccccn1O. The van der Waals surface area contributed by atoms with Crippen LogP contribution in [0.5, 0.6) is 0 Å². The molecule has 12 heavy (non-hydrogen) atoms. The Morgan fingerprint density at radius 3 is 2.33 bits per heavy atom. The molecular formula is C7H12N2O3. The van der Waals surface area contributed by atoms with Gasteiger partial charge in [-0.25, -0.2) is 0 Å². The minimum atomic E-state index is -0.410. The van der Waals surface area contributed by atoms with Crippen molar-refractivity contribution >= 4 is 0 Å². The number of aliphatic hydroxyl groups is 1. The van der Waals surface area contributed by atoms with Gasteiger partial charge in [0.2, 0.25) is 0 Å². The van der Waals surface area contributed by atoms with Gasteiger partial charge in [0.25, 0.3) is 5.56 Å². The van der Waals surface area contributed by atoms with Gasteiger partial charge in [0.05, 0.1) is 6.61 Å². The van der Waals surface area contributed by atoms with Crippen molar-refractivity contribution in [1.29, 1.82) is 0 Å². The molecule has 0 radical (unpaired) electrons. The Balaban J connectivity index is 0.000000261. The molecule has 1 aromatic heterocycles. The third-order valence-corrected chi connectivity index (χ3v) is 0.932. The average molecular weight is 172 g/mol. The Morgan fingerprint density at radius 2 is 2.08 bits per heavy atom. The molecule has 5 heteroatoms. The summed E-state index contributed by atoms with van der Waals surface area (Å²) < 4.78 is 0.528. The van der Waals surface area contributed by atoms with Gasteiger partial charge >= 0.3 is 0 Å². The summed E-state index contributed by atoms with van der Waals surface area (Å²) in [5.41, 5.74) is 4.37. The highest BCUT2D eigenvalue weighted by atomic mass is 16.5. The molecule has 4 N–H and O–H groups in total. The van der Waals surface area contributed by atoms with Crippen LogP contribution in [0, 0.1) is 0 Å². The van der Waals surface area contributed by atoms with Crippen LogP contribution < -0.4 is 11.3 Å². The Labute approximate surface area is 69.6 Å². The standard InChI is InChI=1S/C5H5NO2.C2H7NO/c7-5-3-1-2-4-6(5)8;3-1-2-4/h1-4,8H;4H,1-3H2. The first kappa shape index (κ1) is 10.7. The van der Waals surface area contributed by atoms with Crippen molar-refractivity contribution in [2.45, 2.75) is 0 Å². The Kier molecular flexibility index (Phi) is 5.68. The predicted molar refractivity (Wildman–Crippen MR) is 44.0 cm³/mol. The molecule has 1 aromatic rings. The molecular weight excluding hydrogens is 160 g/mol. The molecule has 0 aromatic carbocycles. The van der Waals surface area contributed by atoms with Crippen LogP contribution in [0.1, 0.15) is 0 Å². The summed E-state index contributed by atoms with van der Waals surface area (Å²) in [6.07, 6.45) is 1.28. The number of aromatic nitrogens is 1. The smallest absolute Gasteiger partial charge is 0.282 e. The van der Waals surface area contributed by atoms with Crippen LogP contribution >= 0.6 is 0 Å². The molecule has 0 aliphatic carbocycles. The number of hydrogen-bond acceptors (Lipinski definition) is 4. The van der Waals surface area contributed by atoms with E-state index >= 15 is 0 Å². The van der Waals surface area contributed by atoms with E-state index in [0.717, 1.165) is 0 Å². The van der Waals surface area contributed by atoms with Gasteiger partial charge in [-0.1, -0.05) is 6.07 Å². The lowest BCUT2D eigenvalue weighted by atomic mass is 10.5. The second-order valence-electron chi connectivity index (χ2n) is 1.90. The maximum absolute atomic E-state index is 10.3. The molecule has 0 saturated carbocycles. The van der Waals surface area contributed by atoms with Gasteiger partial charge in [0.15, 0.2) is 0 Å². The van der Waals surface area contributed by atoms with Gasteiger partial charge in [-0.15, -0.1) is 0 Å². The predicted octanol–water partition coefficient (Wildman–Crippen LogP) is -0.977. The van der Waals surface area contributed by atoms with E-state index in [1.165, 1.54) is 12.3 Å². The molecule has 0 aliphatic heterocycles. The first-order valence-corrected chi connectivity index (χ1v) is 3.40. The summed E-state index contributed by atoms with van der Waals surface area (Å²) in [5.74, 6) is 0. The van der Waals surface area contributed by atoms with E-state index in [4.69, 9.17) is 16.0 Å². The van der Waals surface area contributed by atoms with Crippen molar-refractivity contribution in [1.82, 2.24) is 4.73 Å². The zero-order valence-corrected chi connectivity index (χ0v) is 6.55. The summed E-state index contributed by atoms with van der Waals surface area (Å²) in [6, 6.07) is 4.41. The van der Waals surface area contributed by atoms with Crippen LogP contribution in [0.4, 0.5) is 0 Å². The van der Waals surface area contributed by atoms with E-state index in [1.54, 1.807) is 12.1 Å². The molecule has 0 amide bonds. The monoisotopic (exact) mass is 172 g/mol. The number of nitrogens with zero attached hydrogens (tertiary/aromatic N) is 1. The van der Waals surface area contributed by atoms with Gasteiger partial charge in [-0.2, -0.15) is 4.73 Å². The summed E-state index contributed by atoms with van der Waals surface area (Å²) >= 11 is 0. The number of aliphatic hydroxyl groups excluding tert-OH is 1. The summed E-state index contributed by atoms with van der Waals surface area (Å²) in [5, 5.41) is 16.3. The zero-order chi connectivity index (χ0) is 9.40. The Bertz CT molecular complexity index is 257. The van der Waals surface area contributed by atoms with E-state index in [1.807, 2.05) is 0 Å². The number of hydrogen-bond donors (Lipinski definition) is 3. The average Bonchev–Trinajstić information content (AvgIpc) is 2.11.